The molecule has 0 aliphatic carbocycles. The van der Waals surface area contributed by atoms with Crippen molar-refractivity contribution in [3.63, 3.8) is 0 Å². The predicted molar refractivity (Wildman–Crippen MR) is 63.0 cm³/mol. The molecule has 0 fully saturated rings. The Morgan fingerprint density at radius 2 is 2.13 bits per heavy atom. The third kappa shape index (κ3) is 1.94. The predicted octanol–water partition coefficient (Wildman–Crippen LogP) is 3.42. The zero-order chi connectivity index (χ0) is 11.0. The summed E-state index contributed by atoms with van der Waals surface area (Å²) in [6, 6.07) is 3.74. The maximum Gasteiger partial charge on any atom is 0.127 e. The van der Waals surface area contributed by atoms with Gasteiger partial charge >= 0.3 is 0 Å². The molecule has 0 amide bonds. The molecule has 82 valence electrons. The molecule has 4 heteroatoms. The summed E-state index contributed by atoms with van der Waals surface area (Å²) in [6.45, 7) is 4.98. The van der Waals surface area contributed by atoms with Gasteiger partial charge in [-0.15, -0.1) is 0 Å². The van der Waals surface area contributed by atoms with Crippen molar-refractivity contribution in [3.05, 3.63) is 27.7 Å². The van der Waals surface area contributed by atoms with Crippen molar-refractivity contribution in [3.8, 4) is 5.75 Å². The molecule has 2 nitrogen and oxygen atoms in total. The zero-order valence-electron chi connectivity index (χ0n) is 8.68. The lowest BCUT2D eigenvalue weighted by Crippen LogP contribution is -2.28. The van der Waals surface area contributed by atoms with E-state index in [1.807, 2.05) is 13.0 Å². The zero-order valence-corrected chi connectivity index (χ0v) is 10.2. The molecule has 0 spiro atoms. The number of hydrogen-bond donors (Lipinski definition) is 1. The molecular weight excluding hydrogens is 233 g/mol. The standard InChI is InChI=1S/C11H13Cl2NO/c1-3-14-11-6(2)15-9-5-7(12)4-8(13)10(9)11/h4-6,11,14H,3H2,1-2H3. The number of fused-ring (bicyclic) bond motifs is 1. The van der Waals surface area contributed by atoms with Crippen LogP contribution in [-0.4, -0.2) is 12.6 Å². The van der Waals surface area contributed by atoms with Gasteiger partial charge in [0.25, 0.3) is 0 Å². The summed E-state index contributed by atoms with van der Waals surface area (Å²) in [5.41, 5.74) is 1.02. The topological polar surface area (TPSA) is 21.3 Å². The maximum absolute atomic E-state index is 6.17. The van der Waals surface area contributed by atoms with E-state index in [2.05, 4.69) is 12.2 Å². The summed E-state index contributed by atoms with van der Waals surface area (Å²) in [5, 5.41) is 4.65. The Morgan fingerprint density at radius 3 is 2.80 bits per heavy atom. The summed E-state index contributed by atoms with van der Waals surface area (Å²) in [5.74, 6) is 0.797. The van der Waals surface area contributed by atoms with Crippen LogP contribution in [0.2, 0.25) is 10.0 Å². The van der Waals surface area contributed by atoms with Crippen LogP contribution in [0.25, 0.3) is 0 Å². The first-order valence-electron chi connectivity index (χ1n) is 5.02. The van der Waals surface area contributed by atoms with E-state index in [0.29, 0.717) is 10.0 Å². The van der Waals surface area contributed by atoms with Gasteiger partial charge in [0.05, 0.1) is 11.1 Å². The first kappa shape index (κ1) is 11.1. The Bertz CT molecular complexity index is 381. The summed E-state index contributed by atoms with van der Waals surface area (Å²) < 4.78 is 5.70. The highest BCUT2D eigenvalue weighted by molar-refractivity contribution is 6.35. The van der Waals surface area contributed by atoms with Crippen LogP contribution >= 0.6 is 23.2 Å². The van der Waals surface area contributed by atoms with Crippen LogP contribution in [0.4, 0.5) is 0 Å². The minimum atomic E-state index is 0.0934. The number of benzene rings is 1. The molecular formula is C11H13Cl2NO. The maximum atomic E-state index is 6.17. The Morgan fingerprint density at radius 1 is 1.40 bits per heavy atom. The van der Waals surface area contributed by atoms with Crippen LogP contribution in [0.1, 0.15) is 25.5 Å². The SMILES string of the molecule is CCNC1c2c(Cl)cc(Cl)cc2OC1C. The third-order valence-corrected chi connectivity index (χ3v) is 3.10. The fraction of sp³-hybridized carbons (Fsp3) is 0.455. The lowest BCUT2D eigenvalue weighted by atomic mass is 10.0. The van der Waals surface area contributed by atoms with E-state index in [4.69, 9.17) is 27.9 Å². The van der Waals surface area contributed by atoms with Crippen molar-refractivity contribution in [1.29, 1.82) is 0 Å². The molecule has 15 heavy (non-hydrogen) atoms. The van der Waals surface area contributed by atoms with Crippen molar-refractivity contribution in [2.45, 2.75) is 26.0 Å². The Kier molecular flexibility index (Phi) is 3.10. The quantitative estimate of drug-likeness (QED) is 0.863. The van der Waals surface area contributed by atoms with Crippen molar-refractivity contribution in [2.75, 3.05) is 6.54 Å². The number of hydrogen-bond acceptors (Lipinski definition) is 2. The number of ether oxygens (including phenoxy) is 1. The van der Waals surface area contributed by atoms with Crippen molar-refractivity contribution in [2.24, 2.45) is 0 Å². The molecule has 0 saturated carbocycles. The van der Waals surface area contributed by atoms with E-state index in [9.17, 15) is 0 Å². The third-order valence-electron chi connectivity index (χ3n) is 2.57. The van der Waals surface area contributed by atoms with Crippen molar-refractivity contribution < 1.29 is 4.74 Å². The van der Waals surface area contributed by atoms with E-state index < -0.39 is 0 Å². The monoisotopic (exact) mass is 245 g/mol. The van der Waals surface area contributed by atoms with E-state index in [-0.39, 0.29) is 12.1 Å². The number of nitrogens with one attached hydrogen (secondary N) is 1. The highest BCUT2D eigenvalue weighted by atomic mass is 35.5. The number of likely N-dealkylation sites (N-methyl/N-ethyl adjacent to an activating group) is 1. The van der Waals surface area contributed by atoms with Crippen molar-refractivity contribution >= 4 is 23.2 Å². The first-order valence-corrected chi connectivity index (χ1v) is 5.78. The Hall–Kier alpha value is -0.440. The summed E-state index contributed by atoms with van der Waals surface area (Å²) >= 11 is 12.1. The highest BCUT2D eigenvalue weighted by Crippen LogP contribution is 2.42. The molecule has 1 aromatic rings. The molecule has 1 N–H and O–H groups in total. The fourth-order valence-electron chi connectivity index (χ4n) is 1.95. The normalized spacial score (nSPS) is 23.7. The lowest BCUT2D eigenvalue weighted by molar-refractivity contribution is 0.211. The molecule has 1 heterocycles. The van der Waals surface area contributed by atoms with Gasteiger partial charge in [-0.05, 0) is 25.6 Å². The highest BCUT2D eigenvalue weighted by Gasteiger charge is 2.32. The fourth-order valence-corrected chi connectivity index (χ4v) is 2.54. The molecule has 0 radical (unpaired) electrons. The largest absolute Gasteiger partial charge is 0.488 e. The van der Waals surface area contributed by atoms with E-state index >= 15 is 0 Å². The minimum absolute atomic E-state index is 0.0934. The molecule has 0 aromatic heterocycles. The van der Waals surface area contributed by atoms with Gasteiger partial charge in [0.1, 0.15) is 11.9 Å². The summed E-state index contributed by atoms with van der Waals surface area (Å²) in [7, 11) is 0. The van der Waals surface area contributed by atoms with Crippen LogP contribution in [-0.2, 0) is 0 Å². The molecule has 2 rings (SSSR count). The lowest BCUT2D eigenvalue weighted by Gasteiger charge is -2.15. The molecule has 2 atom stereocenters. The van der Waals surface area contributed by atoms with E-state index in [0.717, 1.165) is 17.9 Å². The van der Waals surface area contributed by atoms with Gasteiger partial charge < -0.3 is 10.1 Å². The second-order valence-electron chi connectivity index (χ2n) is 3.66. The van der Waals surface area contributed by atoms with Crippen LogP contribution < -0.4 is 10.1 Å². The van der Waals surface area contributed by atoms with Crippen LogP contribution in [0.3, 0.4) is 0 Å². The second kappa shape index (κ2) is 4.20. The van der Waals surface area contributed by atoms with Gasteiger partial charge in [-0.3, -0.25) is 0 Å². The van der Waals surface area contributed by atoms with Gasteiger partial charge in [-0.25, -0.2) is 0 Å². The molecule has 1 aromatic carbocycles. The molecule has 0 saturated heterocycles. The average molecular weight is 246 g/mol. The average Bonchev–Trinajstić information content (AvgIpc) is 2.43. The molecule has 1 aliphatic heterocycles. The van der Waals surface area contributed by atoms with Gasteiger partial charge in [-0.2, -0.15) is 0 Å². The molecule has 0 bridgehead atoms. The van der Waals surface area contributed by atoms with Crippen molar-refractivity contribution in [1.82, 2.24) is 5.32 Å². The number of rotatable bonds is 2. The molecule has 2 unspecified atom stereocenters. The first-order chi connectivity index (χ1) is 7.13. The summed E-state index contributed by atoms with van der Waals surface area (Å²) in [4.78, 5) is 0. The second-order valence-corrected chi connectivity index (χ2v) is 4.50. The van der Waals surface area contributed by atoms with Gasteiger partial charge in [0.2, 0.25) is 0 Å². The van der Waals surface area contributed by atoms with E-state index in [1.54, 1.807) is 6.07 Å². The van der Waals surface area contributed by atoms with Crippen LogP contribution in [0, 0.1) is 0 Å². The van der Waals surface area contributed by atoms with Gasteiger partial charge in [0, 0.05) is 10.6 Å². The Balaban J connectivity index is 2.43. The summed E-state index contributed by atoms with van der Waals surface area (Å²) in [6.07, 6.45) is 0.0934. The Labute approximate surface area is 99.5 Å². The number of halogens is 2. The van der Waals surface area contributed by atoms with E-state index in [1.165, 1.54) is 0 Å². The smallest absolute Gasteiger partial charge is 0.127 e. The minimum Gasteiger partial charge on any atom is -0.488 e. The van der Waals surface area contributed by atoms with Crippen LogP contribution in [0.15, 0.2) is 12.1 Å². The van der Waals surface area contributed by atoms with Gasteiger partial charge in [0.15, 0.2) is 0 Å². The van der Waals surface area contributed by atoms with Gasteiger partial charge in [-0.1, -0.05) is 30.1 Å². The van der Waals surface area contributed by atoms with Crippen LogP contribution in [0.5, 0.6) is 5.75 Å². The molecule has 1 aliphatic rings.